The molecule has 82 valence electrons. The summed E-state index contributed by atoms with van der Waals surface area (Å²) < 4.78 is 13.1. The van der Waals surface area contributed by atoms with Crippen LogP contribution in [0.4, 0.5) is 10.1 Å². The van der Waals surface area contributed by atoms with Crippen LogP contribution in [0.2, 0.25) is 0 Å². The molecule has 2 rings (SSSR count). The van der Waals surface area contributed by atoms with Gasteiger partial charge in [-0.2, -0.15) is 5.26 Å². The molecule has 1 aromatic rings. The topological polar surface area (TPSA) is 56.1 Å². The Morgan fingerprint density at radius 2 is 2.38 bits per heavy atom. The van der Waals surface area contributed by atoms with Crippen molar-refractivity contribution >= 4 is 11.6 Å². The van der Waals surface area contributed by atoms with Crippen molar-refractivity contribution < 1.29 is 9.18 Å². The Bertz CT molecular complexity index is 481. The number of likely N-dealkylation sites (N-methyl/N-ethyl adjacent to an activating group) is 1. The van der Waals surface area contributed by atoms with Gasteiger partial charge in [0, 0.05) is 5.56 Å². The number of halogens is 1. The number of anilines is 1. The average molecular weight is 219 g/mol. The highest BCUT2D eigenvalue weighted by atomic mass is 19.1. The van der Waals surface area contributed by atoms with E-state index in [4.69, 9.17) is 5.26 Å². The number of hydrogen-bond donors (Lipinski definition) is 1. The van der Waals surface area contributed by atoms with Crippen molar-refractivity contribution in [1.82, 2.24) is 5.32 Å². The molecule has 5 heteroatoms. The number of carbonyl (C=O) groups excluding carboxylic acids is 1. The molecule has 4 nitrogen and oxygen atoms in total. The average Bonchev–Trinajstić information content (AvgIpc) is 2.52. The van der Waals surface area contributed by atoms with Crippen molar-refractivity contribution in [3.8, 4) is 6.07 Å². The Morgan fingerprint density at radius 3 is 3.00 bits per heavy atom. The molecule has 16 heavy (non-hydrogen) atoms. The molecular weight excluding hydrogens is 209 g/mol. The van der Waals surface area contributed by atoms with E-state index in [1.54, 1.807) is 7.05 Å². The molecule has 1 heterocycles. The molecule has 1 amide bonds. The Hall–Kier alpha value is -1.93. The number of amides is 1. The van der Waals surface area contributed by atoms with Crippen LogP contribution in [0.25, 0.3) is 0 Å². The van der Waals surface area contributed by atoms with E-state index >= 15 is 0 Å². The minimum Gasteiger partial charge on any atom is -0.305 e. The summed E-state index contributed by atoms with van der Waals surface area (Å²) in [6, 6.07) is 5.50. The van der Waals surface area contributed by atoms with Crippen LogP contribution in [0.3, 0.4) is 0 Å². The highest BCUT2D eigenvalue weighted by Crippen LogP contribution is 2.35. The summed E-state index contributed by atoms with van der Waals surface area (Å²) in [5.41, 5.74) is 1.19. The predicted molar refractivity (Wildman–Crippen MR) is 56.2 cm³/mol. The molecule has 0 saturated carbocycles. The lowest BCUT2D eigenvalue weighted by Crippen LogP contribution is -2.33. The molecule has 0 bridgehead atoms. The van der Waals surface area contributed by atoms with Crippen LogP contribution in [-0.4, -0.2) is 19.5 Å². The van der Waals surface area contributed by atoms with Crippen LogP contribution in [0.1, 0.15) is 11.6 Å². The standard InChI is InChI=1S/C11H10FN3O/c1-14-10-8-6-7(12)2-3-9(8)15(5-4-13)11(10)16/h2-3,6,10,14H,5H2,1H3. The van der Waals surface area contributed by atoms with Gasteiger partial charge < -0.3 is 5.32 Å². The minimum absolute atomic E-state index is 0.0182. The van der Waals surface area contributed by atoms with Gasteiger partial charge in [-0.05, 0) is 25.2 Å². The third-order valence-corrected chi connectivity index (χ3v) is 2.62. The number of nitriles is 1. The summed E-state index contributed by atoms with van der Waals surface area (Å²) in [5.74, 6) is -0.602. The van der Waals surface area contributed by atoms with E-state index in [1.165, 1.54) is 23.1 Å². The van der Waals surface area contributed by atoms with Crippen molar-refractivity contribution in [3.05, 3.63) is 29.6 Å². The molecule has 1 atom stereocenters. The van der Waals surface area contributed by atoms with Gasteiger partial charge in [-0.25, -0.2) is 4.39 Å². The van der Waals surface area contributed by atoms with Gasteiger partial charge in [0.25, 0.3) is 0 Å². The number of hydrogen-bond acceptors (Lipinski definition) is 3. The van der Waals surface area contributed by atoms with Crippen LogP contribution < -0.4 is 10.2 Å². The summed E-state index contributed by atoms with van der Waals surface area (Å²) >= 11 is 0. The van der Waals surface area contributed by atoms with Crippen molar-refractivity contribution in [2.24, 2.45) is 0 Å². The second-order valence-corrected chi connectivity index (χ2v) is 3.51. The molecule has 1 unspecified atom stereocenters. The van der Waals surface area contributed by atoms with Gasteiger partial charge in [0.15, 0.2) is 0 Å². The minimum atomic E-state index is -0.556. The van der Waals surface area contributed by atoms with Gasteiger partial charge >= 0.3 is 0 Å². The smallest absolute Gasteiger partial charge is 0.249 e. The molecule has 0 aliphatic carbocycles. The summed E-state index contributed by atoms with van der Waals surface area (Å²) in [5, 5.41) is 11.5. The van der Waals surface area contributed by atoms with Gasteiger partial charge in [0.05, 0.1) is 11.8 Å². The summed E-state index contributed by atoms with van der Waals surface area (Å²) in [6.07, 6.45) is 0. The summed E-state index contributed by atoms with van der Waals surface area (Å²) in [7, 11) is 1.63. The molecular formula is C11H10FN3O. The molecule has 0 saturated heterocycles. The van der Waals surface area contributed by atoms with E-state index in [-0.39, 0.29) is 18.3 Å². The van der Waals surface area contributed by atoms with Crippen LogP contribution >= 0.6 is 0 Å². The summed E-state index contributed by atoms with van der Waals surface area (Å²) in [4.78, 5) is 13.2. The summed E-state index contributed by atoms with van der Waals surface area (Å²) in [6.45, 7) is -0.0182. The predicted octanol–water partition coefficient (Wildman–Crippen LogP) is 0.956. The number of fused-ring (bicyclic) bond motifs is 1. The fourth-order valence-corrected chi connectivity index (χ4v) is 1.92. The largest absolute Gasteiger partial charge is 0.305 e. The zero-order valence-corrected chi connectivity index (χ0v) is 8.70. The normalized spacial score (nSPS) is 18.4. The number of nitrogens with zero attached hydrogens (tertiary/aromatic N) is 2. The second-order valence-electron chi connectivity index (χ2n) is 3.51. The van der Waals surface area contributed by atoms with Crippen molar-refractivity contribution in [2.75, 3.05) is 18.5 Å². The first kappa shape index (κ1) is 10.6. The highest BCUT2D eigenvalue weighted by Gasteiger charge is 2.36. The van der Waals surface area contributed by atoms with Gasteiger partial charge in [0.1, 0.15) is 18.4 Å². The Labute approximate surface area is 92.3 Å². The van der Waals surface area contributed by atoms with Crippen molar-refractivity contribution in [2.45, 2.75) is 6.04 Å². The monoisotopic (exact) mass is 219 g/mol. The molecule has 0 spiro atoms. The van der Waals surface area contributed by atoms with Gasteiger partial charge in [-0.15, -0.1) is 0 Å². The number of benzene rings is 1. The molecule has 0 radical (unpaired) electrons. The van der Waals surface area contributed by atoms with Crippen LogP contribution in [0.5, 0.6) is 0 Å². The molecule has 1 aromatic carbocycles. The van der Waals surface area contributed by atoms with E-state index in [2.05, 4.69) is 5.32 Å². The third-order valence-electron chi connectivity index (χ3n) is 2.62. The molecule has 1 N–H and O–H groups in total. The lowest BCUT2D eigenvalue weighted by molar-refractivity contribution is -0.119. The maximum absolute atomic E-state index is 13.1. The van der Waals surface area contributed by atoms with Gasteiger partial charge in [-0.3, -0.25) is 9.69 Å². The first-order valence-corrected chi connectivity index (χ1v) is 4.84. The van der Waals surface area contributed by atoms with E-state index in [0.717, 1.165) is 0 Å². The maximum Gasteiger partial charge on any atom is 0.249 e. The van der Waals surface area contributed by atoms with E-state index in [0.29, 0.717) is 11.3 Å². The van der Waals surface area contributed by atoms with Crippen LogP contribution in [0, 0.1) is 17.1 Å². The molecule has 1 aliphatic heterocycles. The van der Waals surface area contributed by atoms with Crippen molar-refractivity contribution in [3.63, 3.8) is 0 Å². The quantitative estimate of drug-likeness (QED) is 0.753. The van der Waals surface area contributed by atoms with Crippen LogP contribution in [-0.2, 0) is 4.79 Å². The Balaban J connectivity index is 2.51. The zero-order valence-electron chi connectivity index (χ0n) is 8.70. The van der Waals surface area contributed by atoms with E-state index in [9.17, 15) is 9.18 Å². The maximum atomic E-state index is 13.1. The number of nitrogens with one attached hydrogen (secondary N) is 1. The Kier molecular flexibility index (Phi) is 2.59. The molecule has 0 aromatic heterocycles. The SMILES string of the molecule is CNC1C(=O)N(CC#N)c2ccc(F)cc21. The third kappa shape index (κ3) is 1.44. The highest BCUT2D eigenvalue weighted by molar-refractivity contribution is 6.04. The van der Waals surface area contributed by atoms with E-state index in [1.807, 2.05) is 6.07 Å². The van der Waals surface area contributed by atoms with Gasteiger partial charge in [0.2, 0.25) is 5.91 Å². The van der Waals surface area contributed by atoms with Crippen molar-refractivity contribution in [1.29, 1.82) is 5.26 Å². The molecule has 0 fully saturated rings. The number of rotatable bonds is 2. The lowest BCUT2D eigenvalue weighted by atomic mass is 10.1. The lowest BCUT2D eigenvalue weighted by Gasteiger charge is -2.13. The van der Waals surface area contributed by atoms with E-state index < -0.39 is 6.04 Å². The zero-order chi connectivity index (χ0) is 11.7. The Morgan fingerprint density at radius 1 is 1.62 bits per heavy atom. The molecule has 1 aliphatic rings. The first-order chi connectivity index (χ1) is 7.69. The second kappa shape index (κ2) is 3.91. The fraction of sp³-hybridized carbons (Fsp3) is 0.273. The fourth-order valence-electron chi connectivity index (χ4n) is 1.92. The first-order valence-electron chi connectivity index (χ1n) is 4.84. The number of carbonyl (C=O) groups is 1. The van der Waals surface area contributed by atoms with Crippen LogP contribution in [0.15, 0.2) is 18.2 Å². The van der Waals surface area contributed by atoms with Gasteiger partial charge in [-0.1, -0.05) is 0 Å².